The Kier molecular flexibility index (Phi) is 7.04. The van der Waals surface area contributed by atoms with Crippen LogP contribution in [0.15, 0.2) is 18.2 Å². The van der Waals surface area contributed by atoms with E-state index in [0.29, 0.717) is 29.2 Å². The molecule has 1 aromatic rings. The van der Waals surface area contributed by atoms with E-state index in [-0.39, 0.29) is 11.8 Å². The van der Waals surface area contributed by atoms with Crippen LogP contribution in [0.4, 0.5) is 5.69 Å². The van der Waals surface area contributed by atoms with E-state index in [1.807, 2.05) is 14.0 Å². The number of halogens is 1. The number of hydrogen-bond donors (Lipinski definition) is 3. The van der Waals surface area contributed by atoms with Crippen LogP contribution in [0, 0.1) is 0 Å². The highest BCUT2D eigenvalue weighted by Gasteiger charge is 2.13. The second kappa shape index (κ2) is 8.55. The molecule has 0 atom stereocenters. The summed E-state index contributed by atoms with van der Waals surface area (Å²) in [6.45, 7) is 3.13. The molecule has 0 radical (unpaired) electrons. The van der Waals surface area contributed by atoms with Crippen molar-refractivity contribution in [1.29, 1.82) is 0 Å². The molecule has 110 valence electrons. The lowest BCUT2D eigenvalue weighted by Gasteiger charge is -2.11. The van der Waals surface area contributed by atoms with Gasteiger partial charge in [-0.15, -0.1) is 0 Å². The van der Waals surface area contributed by atoms with Gasteiger partial charge in [0.15, 0.2) is 0 Å². The van der Waals surface area contributed by atoms with Gasteiger partial charge in [-0.3, -0.25) is 9.59 Å². The number of carbonyl (C=O) groups excluding carboxylic acids is 2. The van der Waals surface area contributed by atoms with Gasteiger partial charge in [-0.1, -0.05) is 11.6 Å². The van der Waals surface area contributed by atoms with E-state index in [1.165, 1.54) is 0 Å². The fourth-order valence-electron chi connectivity index (χ4n) is 1.71. The van der Waals surface area contributed by atoms with Gasteiger partial charge in [0.1, 0.15) is 0 Å². The maximum Gasteiger partial charge on any atom is 0.253 e. The molecule has 0 spiro atoms. The zero-order chi connectivity index (χ0) is 15.0. The van der Waals surface area contributed by atoms with Gasteiger partial charge in [0.25, 0.3) is 5.91 Å². The molecule has 0 aliphatic carbocycles. The smallest absolute Gasteiger partial charge is 0.253 e. The van der Waals surface area contributed by atoms with E-state index in [0.717, 1.165) is 13.0 Å². The molecule has 0 aromatic heterocycles. The minimum absolute atomic E-state index is 0.131. The van der Waals surface area contributed by atoms with Crippen LogP contribution in [-0.2, 0) is 4.79 Å². The van der Waals surface area contributed by atoms with E-state index in [9.17, 15) is 9.59 Å². The molecule has 0 saturated heterocycles. The summed E-state index contributed by atoms with van der Waals surface area (Å²) < 4.78 is 0. The predicted octanol–water partition coefficient (Wildman–Crippen LogP) is 2.03. The molecule has 1 rings (SSSR count). The van der Waals surface area contributed by atoms with E-state index in [4.69, 9.17) is 11.6 Å². The molecular weight excluding hydrogens is 278 g/mol. The van der Waals surface area contributed by atoms with Gasteiger partial charge in [-0.05, 0) is 45.1 Å². The minimum atomic E-state index is -0.227. The minimum Gasteiger partial charge on any atom is -0.352 e. The molecule has 20 heavy (non-hydrogen) atoms. The SMILES string of the molecule is CCNC(=O)c1ccc(Cl)cc1NC(=O)CCCNC. The van der Waals surface area contributed by atoms with Crippen LogP contribution < -0.4 is 16.0 Å². The first-order valence-electron chi connectivity index (χ1n) is 6.60. The molecule has 5 nitrogen and oxygen atoms in total. The zero-order valence-corrected chi connectivity index (χ0v) is 12.5. The number of anilines is 1. The van der Waals surface area contributed by atoms with Crippen molar-refractivity contribution in [3.8, 4) is 0 Å². The standard InChI is InChI=1S/C14H20ClN3O2/c1-3-17-14(20)11-7-6-10(15)9-12(11)18-13(19)5-4-8-16-2/h6-7,9,16H,3-5,8H2,1-2H3,(H,17,20)(H,18,19). The third kappa shape index (κ3) is 5.19. The zero-order valence-electron chi connectivity index (χ0n) is 11.8. The number of hydrogen-bond acceptors (Lipinski definition) is 3. The van der Waals surface area contributed by atoms with Crippen LogP contribution in [0.3, 0.4) is 0 Å². The molecule has 0 heterocycles. The maximum atomic E-state index is 11.9. The van der Waals surface area contributed by atoms with Crippen LogP contribution >= 0.6 is 11.6 Å². The Balaban J connectivity index is 2.79. The lowest BCUT2D eigenvalue weighted by Crippen LogP contribution is -2.25. The van der Waals surface area contributed by atoms with Crippen LogP contribution in [0.5, 0.6) is 0 Å². The van der Waals surface area contributed by atoms with Crippen molar-refractivity contribution in [1.82, 2.24) is 10.6 Å². The van der Waals surface area contributed by atoms with Crippen molar-refractivity contribution in [3.05, 3.63) is 28.8 Å². The molecule has 2 amide bonds. The molecule has 3 N–H and O–H groups in total. The molecule has 0 saturated carbocycles. The summed E-state index contributed by atoms with van der Waals surface area (Å²) in [5.74, 6) is -0.359. The van der Waals surface area contributed by atoms with Gasteiger partial charge in [0.05, 0.1) is 11.3 Å². The monoisotopic (exact) mass is 297 g/mol. The highest BCUT2D eigenvalue weighted by atomic mass is 35.5. The average molecular weight is 298 g/mol. The number of amides is 2. The first-order chi connectivity index (χ1) is 9.58. The molecule has 0 aliphatic rings. The van der Waals surface area contributed by atoms with Gasteiger partial charge in [-0.25, -0.2) is 0 Å². The van der Waals surface area contributed by atoms with Gasteiger partial charge >= 0.3 is 0 Å². The molecule has 0 bridgehead atoms. The summed E-state index contributed by atoms with van der Waals surface area (Å²) in [5.41, 5.74) is 0.858. The fraction of sp³-hybridized carbons (Fsp3) is 0.429. The molecule has 0 unspecified atom stereocenters. The van der Waals surface area contributed by atoms with Crippen molar-refractivity contribution in [2.45, 2.75) is 19.8 Å². The van der Waals surface area contributed by atoms with Crippen LogP contribution in [-0.4, -0.2) is 32.0 Å². The average Bonchev–Trinajstić information content (AvgIpc) is 2.39. The second-order valence-corrected chi connectivity index (χ2v) is 4.74. The topological polar surface area (TPSA) is 70.2 Å². The third-order valence-electron chi connectivity index (χ3n) is 2.67. The summed E-state index contributed by atoms with van der Waals surface area (Å²) in [7, 11) is 1.84. The Morgan fingerprint density at radius 3 is 2.70 bits per heavy atom. The largest absolute Gasteiger partial charge is 0.352 e. The Hall–Kier alpha value is -1.59. The molecular formula is C14H20ClN3O2. The second-order valence-electron chi connectivity index (χ2n) is 4.30. The van der Waals surface area contributed by atoms with Crippen molar-refractivity contribution >= 4 is 29.1 Å². The molecule has 6 heteroatoms. The lowest BCUT2D eigenvalue weighted by molar-refractivity contribution is -0.116. The summed E-state index contributed by atoms with van der Waals surface area (Å²) in [6, 6.07) is 4.82. The van der Waals surface area contributed by atoms with E-state index in [2.05, 4.69) is 16.0 Å². The number of carbonyl (C=O) groups is 2. The predicted molar refractivity (Wildman–Crippen MR) is 81.2 cm³/mol. The quantitative estimate of drug-likeness (QED) is 0.674. The third-order valence-corrected chi connectivity index (χ3v) is 2.90. The Bertz CT molecular complexity index is 477. The summed E-state index contributed by atoms with van der Waals surface area (Å²) in [6.07, 6.45) is 1.13. The Morgan fingerprint density at radius 1 is 1.30 bits per heavy atom. The van der Waals surface area contributed by atoms with Crippen LogP contribution in [0.1, 0.15) is 30.1 Å². The van der Waals surface area contributed by atoms with Gasteiger partial charge in [0.2, 0.25) is 5.91 Å². The van der Waals surface area contributed by atoms with Gasteiger partial charge in [-0.2, -0.15) is 0 Å². The van der Waals surface area contributed by atoms with Crippen molar-refractivity contribution in [2.75, 3.05) is 25.5 Å². The number of rotatable bonds is 7. The van der Waals surface area contributed by atoms with Crippen molar-refractivity contribution in [3.63, 3.8) is 0 Å². The summed E-state index contributed by atoms with van der Waals surface area (Å²) in [5, 5.41) is 8.89. The van der Waals surface area contributed by atoms with Crippen LogP contribution in [0.2, 0.25) is 5.02 Å². The fourth-order valence-corrected chi connectivity index (χ4v) is 1.88. The number of benzene rings is 1. The molecule has 1 aromatic carbocycles. The first-order valence-corrected chi connectivity index (χ1v) is 6.98. The van der Waals surface area contributed by atoms with Crippen molar-refractivity contribution < 1.29 is 9.59 Å². The molecule has 0 fully saturated rings. The summed E-state index contributed by atoms with van der Waals surface area (Å²) in [4.78, 5) is 23.7. The highest BCUT2D eigenvalue weighted by molar-refractivity contribution is 6.31. The Labute approximate surface area is 124 Å². The van der Waals surface area contributed by atoms with Gasteiger partial charge in [0, 0.05) is 18.0 Å². The van der Waals surface area contributed by atoms with E-state index in [1.54, 1.807) is 18.2 Å². The Morgan fingerprint density at radius 2 is 2.05 bits per heavy atom. The highest BCUT2D eigenvalue weighted by Crippen LogP contribution is 2.21. The van der Waals surface area contributed by atoms with E-state index < -0.39 is 0 Å². The lowest BCUT2D eigenvalue weighted by atomic mass is 10.1. The van der Waals surface area contributed by atoms with Crippen molar-refractivity contribution in [2.24, 2.45) is 0 Å². The molecule has 0 aliphatic heterocycles. The van der Waals surface area contributed by atoms with E-state index >= 15 is 0 Å². The van der Waals surface area contributed by atoms with Gasteiger partial charge < -0.3 is 16.0 Å². The van der Waals surface area contributed by atoms with Crippen LogP contribution in [0.25, 0.3) is 0 Å². The summed E-state index contributed by atoms with van der Waals surface area (Å²) >= 11 is 5.92. The first kappa shape index (κ1) is 16.5. The number of nitrogens with one attached hydrogen (secondary N) is 3. The maximum absolute atomic E-state index is 11.9. The normalized spacial score (nSPS) is 10.2.